The van der Waals surface area contributed by atoms with E-state index in [0.29, 0.717) is 26.2 Å². The Bertz CT molecular complexity index is 374. The zero-order valence-electron chi connectivity index (χ0n) is 10.2. The van der Waals surface area contributed by atoms with Crippen LogP contribution in [0.25, 0.3) is 0 Å². The Kier molecular flexibility index (Phi) is 3.83. The highest BCUT2D eigenvalue weighted by Gasteiger charge is 2.36. The number of nitrogens with zero attached hydrogens (tertiary/aromatic N) is 2. The van der Waals surface area contributed by atoms with Gasteiger partial charge in [-0.1, -0.05) is 0 Å². The van der Waals surface area contributed by atoms with E-state index in [-0.39, 0.29) is 24.5 Å². The van der Waals surface area contributed by atoms with Gasteiger partial charge in [-0.3, -0.25) is 4.79 Å². The Balaban J connectivity index is 1.77. The van der Waals surface area contributed by atoms with E-state index in [1.165, 1.54) is 4.90 Å². The molecular weight excluding hydrogens is 265 g/mol. The summed E-state index contributed by atoms with van der Waals surface area (Å²) in [5.41, 5.74) is 0. The van der Waals surface area contributed by atoms with E-state index in [4.69, 9.17) is 0 Å². The highest BCUT2D eigenvalue weighted by molar-refractivity contribution is 5.80. The van der Waals surface area contributed by atoms with Gasteiger partial charge in [0.05, 0.1) is 19.1 Å². The summed E-state index contributed by atoms with van der Waals surface area (Å²) in [6.07, 6.45) is -4.32. The Morgan fingerprint density at radius 2 is 2.16 bits per heavy atom. The van der Waals surface area contributed by atoms with Gasteiger partial charge in [-0.2, -0.15) is 13.2 Å². The third-order valence-corrected chi connectivity index (χ3v) is 3.19. The van der Waals surface area contributed by atoms with Gasteiger partial charge in [0.2, 0.25) is 5.91 Å². The molecule has 2 aliphatic rings. The minimum absolute atomic E-state index is 0.0761. The number of rotatable bonds is 3. The Hall–Kier alpha value is -1.51. The van der Waals surface area contributed by atoms with Gasteiger partial charge in [0, 0.05) is 26.2 Å². The molecule has 1 atom stereocenters. The van der Waals surface area contributed by atoms with E-state index >= 15 is 0 Å². The molecule has 0 saturated carbocycles. The Morgan fingerprint density at radius 3 is 2.84 bits per heavy atom. The lowest BCUT2D eigenvalue weighted by atomic mass is 10.2. The van der Waals surface area contributed by atoms with Crippen LogP contribution in [0.2, 0.25) is 0 Å². The summed E-state index contributed by atoms with van der Waals surface area (Å²) in [4.78, 5) is 26.2. The third kappa shape index (κ3) is 3.49. The van der Waals surface area contributed by atoms with Gasteiger partial charge in [-0.25, -0.2) is 4.79 Å². The van der Waals surface area contributed by atoms with Gasteiger partial charge in [0.25, 0.3) is 0 Å². The van der Waals surface area contributed by atoms with Crippen molar-refractivity contribution in [3.63, 3.8) is 0 Å². The second-order valence-electron chi connectivity index (χ2n) is 4.59. The number of amides is 3. The summed E-state index contributed by atoms with van der Waals surface area (Å²) in [5, 5.41) is 4.75. The van der Waals surface area contributed by atoms with E-state index < -0.39 is 12.7 Å². The number of urea groups is 1. The summed E-state index contributed by atoms with van der Waals surface area (Å²) in [6.45, 7) is 0.0948. The van der Waals surface area contributed by atoms with Crippen LogP contribution in [0, 0.1) is 0 Å². The fraction of sp³-hybridized carbons (Fsp3) is 0.800. The quantitative estimate of drug-likeness (QED) is 0.724. The topological polar surface area (TPSA) is 64.7 Å². The second kappa shape index (κ2) is 5.24. The van der Waals surface area contributed by atoms with Crippen LogP contribution in [0.5, 0.6) is 0 Å². The minimum Gasteiger partial charge on any atom is -0.338 e. The van der Waals surface area contributed by atoms with Crippen LogP contribution in [0.4, 0.5) is 18.0 Å². The predicted octanol–water partition coefficient (Wildman–Crippen LogP) is -0.626. The molecule has 2 rings (SSSR count). The summed E-state index contributed by atoms with van der Waals surface area (Å²) in [7, 11) is 0. The maximum Gasteiger partial charge on any atom is 0.401 e. The van der Waals surface area contributed by atoms with Crippen LogP contribution in [-0.4, -0.2) is 73.2 Å². The van der Waals surface area contributed by atoms with Gasteiger partial charge < -0.3 is 20.4 Å². The molecule has 2 heterocycles. The molecule has 0 aromatic carbocycles. The Morgan fingerprint density at radius 1 is 1.42 bits per heavy atom. The molecule has 2 N–H and O–H groups in total. The molecule has 0 aromatic rings. The number of halogens is 3. The second-order valence-corrected chi connectivity index (χ2v) is 4.59. The number of carbonyl (C=O) groups excluding carboxylic acids is 2. The van der Waals surface area contributed by atoms with Crippen LogP contribution in [0.15, 0.2) is 0 Å². The van der Waals surface area contributed by atoms with E-state index in [2.05, 4.69) is 10.6 Å². The molecule has 9 heteroatoms. The molecule has 19 heavy (non-hydrogen) atoms. The molecule has 3 amide bonds. The third-order valence-electron chi connectivity index (χ3n) is 3.19. The first-order valence-corrected chi connectivity index (χ1v) is 5.96. The van der Waals surface area contributed by atoms with E-state index in [9.17, 15) is 22.8 Å². The van der Waals surface area contributed by atoms with Crippen LogP contribution < -0.4 is 10.6 Å². The first kappa shape index (κ1) is 13.9. The van der Waals surface area contributed by atoms with E-state index in [0.717, 1.165) is 0 Å². The predicted molar refractivity (Wildman–Crippen MR) is 59.4 cm³/mol. The maximum absolute atomic E-state index is 11.9. The summed E-state index contributed by atoms with van der Waals surface area (Å²) >= 11 is 0. The first-order chi connectivity index (χ1) is 8.87. The number of carbonyl (C=O) groups is 2. The first-order valence-electron chi connectivity index (χ1n) is 5.96. The highest BCUT2D eigenvalue weighted by Crippen LogP contribution is 2.14. The van der Waals surface area contributed by atoms with Crippen molar-refractivity contribution in [2.24, 2.45) is 0 Å². The molecular formula is C10H15F3N4O2. The number of alkyl halides is 3. The van der Waals surface area contributed by atoms with Crippen LogP contribution >= 0.6 is 0 Å². The zero-order valence-corrected chi connectivity index (χ0v) is 10.2. The molecule has 108 valence electrons. The molecule has 0 spiro atoms. The molecule has 6 nitrogen and oxygen atoms in total. The van der Waals surface area contributed by atoms with Crippen molar-refractivity contribution in [3.8, 4) is 0 Å². The molecule has 0 radical (unpaired) electrons. The lowest BCUT2D eigenvalue weighted by Gasteiger charge is -2.36. The molecule has 0 aromatic heterocycles. The maximum atomic E-state index is 11.9. The summed E-state index contributed by atoms with van der Waals surface area (Å²) in [5.74, 6) is -0.372. The standard InChI is InChI=1S/C10H15F3N4O2/c11-10(12,13)6-14-4-8(18)16-1-2-17-7(5-16)3-15-9(17)19/h7,14H,1-6H2,(H,15,19). The van der Waals surface area contributed by atoms with Crippen molar-refractivity contribution < 1.29 is 22.8 Å². The normalized spacial score (nSPS) is 23.3. The van der Waals surface area contributed by atoms with Crippen molar-refractivity contribution in [1.29, 1.82) is 0 Å². The lowest BCUT2D eigenvalue weighted by molar-refractivity contribution is -0.135. The van der Waals surface area contributed by atoms with Gasteiger partial charge in [0.15, 0.2) is 0 Å². The van der Waals surface area contributed by atoms with Crippen LogP contribution in [0.3, 0.4) is 0 Å². The van der Waals surface area contributed by atoms with Crippen molar-refractivity contribution in [1.82, 2.24) is 20.4 Å². The van der Waals surface area contributed by atoms with E-state index in [1.54, 1.807) is 4.90 Å². The average molecular weight is 280 g/mol. The minimum atomic E-state index is -4.32. The fourth-order valence-electron chi connectivity index (χ4n) is 2.25. The average Bonchev–Trinajstić information content (AvgIpc) is 2.69. The molecule has 0 aliphatic carbocycles. The van der Waals surface area contributed by atoms with Gasteiger partial charge in [-0.05, 0) is 0 Å². The van der Waals surface area contributed by atoms with Crippen molar-refractivity contribution >= 4 is 11.9 Å². The fourth-order valence-corrected chi connectivity index (χ4v) is 2.25. The van der Waals surface area contributed by atoms with Gasteiger partial charge in [0.1, 0.15) is 0 Å². The number of hydrogen-bond acceptors (Lipinski definition) is 3. The molecule has 2 aliphatic heterocycles. The van der Waals surface area contributed by atoms with E-state index in [1.807, 2.05) is 0 Å². The molecule has 1 unspecified atom stereocenters. The smallest absolute Gasteiger partial charge is 0.338 e. The van der Waals surface area contributed by atoms with Crippen molar-refractivity contribution in [2.45, 2.75) is 12.2 Å². The Labute approximate surface area is 107 Å². The van der Waals surface area contributed by atoms with Gasteiger partial charge in [-0.15, -0.1) is 0 Å². The van der Waals surface area contributed by atoms with Crippen molar-refractivity contribution in [2.75, 3.05) is 39.3 Å². The zero-order chi connectivity index (χ0) is 14.0. The largest absolute Gasteiger partial charge is 0.401 e. The lowest BCUT2D eigenvalue weighted by Crippen LogP contribution is -2.55. The highest BCUT2D eigenvalue weighted by atomic mass is 19.4. The SMILES string of the molecule is O=C(CNCC(F)(F)F)N1CCN2C(=O)NCC2C1. The van der Waals surface area contributed by atoms with Gasteiger partial charge >= 0.3 is 12.2 Å². The van der Waals surface area contributed by atoms with Crippen LogP contribution in [-0.2, 0) is 4.79 Å². The molecule has 2 saturated heterocycles. The summed E-state index contributed by atoms with van der Waals surface area (Å²) < 4.78 is 35.8. The number of fused-ring (bicyclic) bond motifs is 1. The molecule has 2 fully saturated rings. The van der Waals surface area contributed by atoms with Crippen LogP contribution in [0.1, 0.15) is 0 Å². The monoisotopic (exact) mass is 280 g/mol. The summed E-state index contributed by atoms with van der Waals surface area (Å²) in [6, 6.07) is -0.222. The van der Waals surface area contributed by atoms with Crippen molar-refractivity contribution in [3.05, 3.63) is 0 Å². The number of hydrogen-bond donors (Lipinski definition) is 2. The number of piperazine rings is 1. The molecule has 0 bridgehead atoms. The number of nitrogens with one attached hydrogen (secondary N) is 2.